The lowest BCUT2D eigenvalue weighted by Gasteiger charge is -2.24. The average molecular weight is 371 g/mol. The van der Waals surface area contributed by atoms with Crippen LogP contribution in [0.15, 0.2) is 48.5 Å². The molecule has 5 heteroatoms. The zero-order valence-corrected chi connectivity index (χ0v) is 16.7. The third-order valence-electron chi connectivity index (χ3n) is 4.28. The molecular weight excluding hydrogens is 342 g/mol. The molecule has 1 N–H and O–H groups in total. The van der Waals surface area contributed by atoms with Crippen molar-refractivity contribution in [1.82, 2.24) is 5.32 Å². The molecule has 0 spiro atoms. The highest BCUT2D eigenvalue weighted by atomic mass is 16.5. The predicted octanol–water partition coefficient (Wildman–Crippen LogP) is 4.37. The molecule has 0 saturated carbocycles. The van der Waals surface area contributed by atoms with E-state index >= 15 is 0 Å². The summed E-state index contributed by atoms with van der Waals surface area (Å²) in [4.78, 5) is 12.7. The van der Waals surface area contributed by atoms with Gasteiger partial charge in [-0.05, 0) is 61.2 Å². The van der Waals surface area contributed by atoms with Crippen LogP contribution in [0.4, 0.5) is 0 Å². The van der Waals surface area contributed by atoms with Crippen molar-refractivity contribution in [3.8, 4) is 17.2 Å². The van der Waals surface area contributed by atoms with Gasteiger partial charge in [0, 0.05) is 0 Å². The van der Waals surface area contributed by atoms with Crippen LogP contribution in [0, 0.1) is 5.92 Å². The average Bonchev–Trinajstić information content (AvgIpc) is 2.67. The van der Waals surface area contributed by atoms with E-state index < -0.39 is 6.10 Å². The molecule has 0 heterocycles. The molecule has 2 aromatic rings. The van der Waals surface area contributed by atoms with Crippen LogP contribution in [0.5, 0.6) is 17.2 Å². The second kappa shape index (κ2) is 9.86. The second-order valence-corrected chi connectivity index (χ2v) is 6.90. The normalized spacial score (nSPS) is 13.0. The molecule has 2 rings (SSSR count). The number of benzene rings is 2. The molecule has 0 bridgehead atoms. The van der Waals surface area contributed by atoms with Gasteiger partial charge in [-0.25, -0.2) is 0 Å². The highest BCUT2D eigenvalue weighted by Crippen LogP contribution is 2.24. The molecule has 0 aliphatic rings. The quantitative estimate of drug-likeness (QED) is 0.711. The van der Waals surface area contributed by atoms with Crippen molar-refractivity contribution in [2.24, 2.45) is 5.92 Å². The number of amides is 1. The van der Waals surface area contributed by atoms with E-state index in [1.165, 1.54) is 0 Å². The zero-order valence-electron chi connectivity index (χ0n) is 16.7. The van der Waals surface area contributed by atoms with Crippen LogP contribution in [0.3, 0.4) is 0 Å². The van der Waals surface area contributed by atoms with E-state index in [4.69, 9.17) is 14.2 Å². The maximum Gasteiger partial charge on any atom is 0.261 e. The number of hydrogen-bond donors (Lipinski definition) is 1. The first-order valence-corrected chi connectivity index (χ1v) is 9.18. The standard InChI is InChI=1S/C22H29NO4/c1-15(2)14-21(17-6-8-18(25-4)9-7-17)23-22(24)16(3)27-20-12-10-19(26-5)11-13-20/h6-13,15-16,21H,14H2,1-5H3,(H,23,24)/t16-,21+/m1/s1. The molecule has 2 aromatic carbocycles. The van der Waals surface area contributed by atoms with Gasteiger partial charge in [-0.2, -0.15) is 0 Å². The summed E-state index contributed by atoms with van der Waals surface area (Å²) >= 11 is 0. The van der Waals surface area contributed by atoms with E-state index in [0.717, 1.165) is 23.5 Å². The van der Waals surface area contributed by atoms with Crippen LogP contribution in [-0.2, 0) is 4.79 Å². The number of nitrogens with one attached hydrogen (secondary N) is 1. The Bertz CT molecular complexity index is 710. The van der Waals surface area contributed by atoms with E-state index in [1.54, 1.807) is 45.4 Å². The minimum absolute atomic E-state index is 0.0784. The monoisotopic (exact) mass is 371 g/mol. The fraction of sp³-hybridized carbons (Fsp3) is 0.409. The van der Waals surface area contributed by atoms with E-state index in [1.807, 2.05) is 24.3 Å². The van der Waals surface area contributed by atoms with Gasteiger partial charge in [-0.1, -0.05) is 26.0 Å². The maximum absolute atomic E-state index is 12.7. The van der Waals surface area contributed by atoms with Gasteiger partial charge in [0.15, 0.2) is 6.10 Å². The molecule has 0 radical (unpaired) electrons. The molecule has 0 saturated heterocycles. The molecular formula is C22H29NO4. The summed E-state index contributed by atoms with van der Waals surface area (Å²) in [6.45, 7) is 6.03. The molecule has 27 heavy (non-hydrogen) atoms. The highest BCUT2D eigenvalue weighted by Gasteiger charge is 2.21. The van der Waals surface area contributed by atoms with Gasteiger partial charge >= 0.3 is 0 Å². The molecule has 146 valence electrons. The van der Waals surface area contributed by atoms with Gasteiger partial charge in [-0.3, -0.25) is 4.79 Å². The molecule has 2 atom stereocenters. The molecule has 1 amide bonds. The Morgan fingerprint density at radius 3 is 1.81 bits per heavy atom. The lowest BCUT2D eigenvalue weighted by atomic mass is 9.96. The second-order valence-electron chi connectivity index (χ2n) is 6.90. The third-order valence-corrected chi connectivity index (χ3v) is 4.28. The topological polar surface area (TPSA) is 56.8 Å². The number of hydrogen-bond acceptors (Lipinski definition) is 4. The summed E-state index contributed by atoms with van der Waals surface area (Å²) in [6.07, 6.45) is 0.235. The Kier molecular flexibility index (Phi) is 7.53. The smallest absolute Gasteiger partial charge is 0.261 e. The number of carbonyl (C=O) groups excluding carboxylic acids is 1. The first-order valence-electron chi connectivity index (χ1n) is 9.18. The number of methoxy groups -OCH3 is 2. The van der Waals surface area contributed by atoms with E-state index in [-0.39, 0.29) is 11.9 Å². The van der Waals surface area contributed by atoms with Crippen molar-refractivity contribution < 1.29 is 19.0 Å². The summed E-state index contributed by atoms with van der Waals surface area (Å²) in [5.41, 5.74) is 1.05. The Morgan fingerprint density at radius 1 is 0.852 bits per heavy atom. The number of carbonyl (C=O) groups is 1. The molecule has 0 aromatic heterocycles. The molecule has 0 unspecified atom stereocenters. The SMILES string of the molecule is COc1ccc(O[C@H](C)C(=O)N[C@@H](CC(C)C)c2ccc(OC)cc2)cc1. The summed E-state index contributed by atoms with van der Waals surface area (Å²) in [5, 5.41) is 3.12. The minimum atomic E-state index is -0.605. The molecule has 0 aliphatic carbocycles. The van der Waals surface area contributed by atoms with Crippen LogP contribution in [0.25, 0.3) is 0 Å². The molecule has 5 nitrogen and oxygen atoms in total. The lowest BCUT2D eigenvalue weighted by Crippen LogP contribution is -2.39. The zero-order chi connectivity index (χ0) is 19.8. The third kappa shape index (κ3) is 6.20. The van der Waals surface area contributed by atoms with Crippen molar-refractivity contribution in [3.63, 3.8) is 0 Å². The molecule has 0 fully saturated rings. The first-order chi connectivity index (χ1) is 12.9. The minimum Gasteiger partial charge on any atom is -0.497 e. The summed E-state index contributed by atoms with van der Waals surface area (Å²) in [7, 11) is 3.25. The van der Waals surface area contributed by atoms with E-state index in [2.05, 4.69) is 19.2 Å². The summed E-state index contributed by atoms with van der Waals surface area (Å²) in [6, 6.07) is 14.9. The van der Waals surface area contributed by atoms with Crippen molar-refractivity contribution in [2.45, 2.75) is 39.3 Å². The fourth-order valence-electron chi connectivity index (χ4n) is 2.79. The number of ether oxygens (including phenoxy) is 3. The largest absolute Gasteiger partial charge is 0.497 e. The fourth-order valence-corrected chi connectivity index (χ4v) is 2.79. The lowest BCUT2D eigenvalue weighted by molar-refractivity contribution is -0.128. The van der Waals surface area contributed by atoms with Crippen molar-refractivity contribution in [3.05, 3.63) is 54.1 Å². The predicted molar refractivity (Wildman–Crippen MR) is 106 cm³/mol. The number of rotatable bonds is 9. The van der Waals surface area contributed by atoms with Crippen LogP contribution < -0.4 is 19.5 Å². The maximum atomic E-state index is 12.7. The van der Waals surface area contributed by atoms with Crippen LogP contribution >= 0.6 is 0 Å². The summed E-state index contributed by atoms with van der Waals surface area (Å²) < 4.78 is 16.1. The van der Waals surface area contributed by atoms with Gasteiger partial charge < -0.3 is 19.5 Å². The van der Waals surface area contributed by atoms with Gasteiger partial charge in [0.25, 0.3) is 5.91 Å². The van der Waals surface area contributed by atoms with E-state index in [9.17, 15) is 4.79 Å². The van der Waals surface area contributed by atoms with Crippen molar-refractivity contribution in [1.29, 1.82) is 0 Å². The Hall–Kier alpha value is -2.69. The highest BCUT2D eigenvalue weighted by molar-refractivity contribution is 5.81. The van der Waals surface area contributed by atoms with Gasteiger partial charge in [0.2, 0.25) is 0 Å². The Labute approximate surface area is 161 Å². The Morgan fingerprint density at radius 2 is 1.33 bits per heavy atom. The van der Waals surface area contributed by atoms with E-state index in [0.29, 0.717) is 11.7 Å². The summed E-state index contributed by atoms with van der Waals surface area (Å²) in [5.74, 6) is 2.46. The molecule has 0 aliphatic heterocycles. The van der Waals surface area contributed by atoms with Crippen LogP contribution in [0.1, 0.15) is 38.8 Å². The first kappa shape index (κ1) is 20.6. The van der Waals surface area contributed by atoms with Gasteiger partial charge in [-0.15, -0.1) is 0 Å². The van der Waals surface area contributed by atoms with Gasteiger partial charge in [0.1, 0.15) is 17.2 Å². The van der Waals surface area contributed by atoms with Crippen LogP contribution in [0.2, 0.25) is 0 Å². The van der Waals surface area contributed by atoms with Crippen molar-refractivity contribution in [2.75, 3.05) is 14.2 Å². The van der Waals surface area contributed by atoms with Gasteiger partial charge in [0.05, 0.1) is 20.3 Å². The Balaban J connectivity index is 2.04. The van der Waals surface area contributed by atoms with Crippen molar-refractivity contribution >= 4 is 5.91 Å². The van der Waals surface area contributed by atoms with Crippen LogP contribution in [-0.4, -0.2) is 26.2 Å².